The molecule has 116 valence electrons. The van der Waals surface area contributed by atoms with Crippen molar-refractivity contribution in [1.29, 1.82) is 0 Å². The van der Waals surface area contributed by atoms with Crippen LogP contribution >= 0.6 is 0 Å². The number of pyridine rings is 1. The van der Waals surface area contributed by atoms with Crippen LogP contribution in [0.25, 0.3) is 0 Å². The number of nitrogens with zero attached hydrogens (tertiary/aromatic N) is 2. The van der Waals surface area contributed by atoms with Crippen LogP contribution in [0, 0.1) is 5.92 Å². The summed E-state index contributed by atoms with van der Waals surface area (Å²) in [5.41, 5.74) is 1.60. The summed E-state index contributed by atoms with van der Waals surface area (Å²) in [5.74, 6) is 1.20. The number of aliphatic hydroxyl groups excluding tert-OH is 1. The zero-order valence-electron chi connectivity index (χ0n) is 13.1. The molecule has 1 fully saturated rings. The minimum absolute atomic E-state index is 0.0210. The summed E-state index contributed by atoms with van der Waals surface area (Å²) in [6.07, 6.45) is 2.23. The van der Waals surface area contributed by atoms with Crippen molar-refractivity contribution >= 4 is 11.7 Å². The van der Waals surface area contributed by atoms with Crippen LogP contribution in [-0.4, -0.2) is 47.1 Å². The zero-order chi connectivity index (χ0) is 15.4. The third-order valence-electron chi connectivity index (χ3n) is 3.94. The predicted octanol–water partition coefficient (Wildman–Crippen LogP) is 1.92. The van der Waals surface area contributed by atoms with Gasteiger partial charge in [0.2, 0.25) is 0 Å². The van der Waals surface area contributed by atoms with Crippen LogP contribution in [0.5, 0.6) is 0 Å². The Balaban J connectivity index is 2.07. The first-order valence-corrected chi connectivity index (χ1v) is 7.71. The van der Waals surface area contributed by atoms with Gasteiger partial charge in [-0.1, -0.05) is 6.92 Å². The molecule has 21 heavy (non-hydrogen) atoms. The molecule has 2 N–H and O–H groups in total. The van der Waals surface area contributed by atoms with Crippen LogP contribution in [0.15, 0.2) is 12.1 Å². The van der Waals surface area contributed by atoms with Crippen molar-refractivity contribution in [2.75, 3.05) is 25.5 Å². The number of anilines is 1. The Morgan fingerprint density at radius 3 is 2.71 bits per heavy atom. The molecule has 0 aliphatic heterocycles. The Hall–Kier alpha value is -1.62. The van der Waals surface area contributed by atoms with Crippen molar-refractivity contribution in [1.82, 2.24) is 9.88 Å². The molecule has 1 aromatic rings. The lowest BCUT2D eigenvalue weighted by Crippen LogP contribution is -2.39. The average molecular weight is 291 g/mol. The molecule has 5 heteroatoms. The van der Waals surface area contributed by atoms with Gasteiger partial charge in [-0.05, 0) is 44.2 Å². The second-order valence-corrected chi connectivity index (χ2v) is 5.79. The first kappa shape index (κ1) is 15.8. The van der Waals surface area contributed by atoms with Gasteiger partial charge in [0, 0.05) is 31.4 Å². The van der Waals surface area contributed by atoms with E-state index in [4.69, 9.17) is 0 Å². The lowest BCUT2D eigenvalue weighted by Gasteiger charge is -2.34. The normalized spacial score (nSPS) is 20.8. The number of hydrogen-bond acceptors (Lipinski definition) is 4. The van der Waals surface area contributed by atoms with Crippen molar-refractivity contribution < 1.29 is 9.90 Å². The second kappa shape index (κ2) is 6.89. The zero-order valence-corrected chi connectivity index (χ0v) is 13.1. The number of rotatable bonds is 6. The third kappa shape index (κ3) is 3.94. The van der Waals surface area contributed by atoms with E-state index >= 15 is 0 Å². The maximum Gasteiger partial charge on any atom is 0.253 e. The molecule has 0 spiro atoms. The van der Waals surface area contributed by atoms with E-state index in [9.17, 15) is 9.90 Å². The van der Waals surface area contributed by atoms with Crippen LogP contribution in [-0.2, 0) is 6.42 Å². The van der Waals surface area contributed by atoms with Crippen LogP contribution in [0.1, 0.15) is 42.7 Å². The first-order chi connectivity index (χ1) is 10.0. The number of aliphatic hydroxyl groups is 1. The summed E-state index contributed by atoms with van der Waals surface area (Å²) >= 11 is 0. The minimum Gasteiger partial charge on any atom is -0.393 e. The number of carbonyl (C=O) groups excluding carboxylic acids is 1. The Morgan fingerprint density at radius 2 is 2.14 bits per heavy atom. The average Bonchev–Trinajstić information content (AvgIpc) is 2.44. The molecule has 1 aliphatic carbocycles. The van der Waals surface area contributed by atoms with Gasteiger partial charge in [-0.25, -0.2) is 4.98 Å². The highest BCUT2D eigenvalue weighted by atomic mass is 16.3. The van der Waals surface area contributed by atoms with E-state index < -0.39 is 0 Å². The molecule has 1 heterocycles. The molecule has 1 amide bonds. The van der Waals surface area contributed by atoms with Gasteiger partial charge < -0.3 is 15.3 Å². The molecule has 1 saturated carbocycles. The van der Waals surface area contributed by atoms with Gasteiger partial charge in [0.15, 0.2) is 0 Å². The number of amides is 1. The maximum atomic E-state index is 12.5. The SMILES string of the molecule is CCNc1cc(C(=O)N(C)CC2CC(O)C2)cc(CC)n1. The highest BCUT2D eigenvalue weighted by Gasteiger charge is 2.29. The lowest BCUT2D eigenvalue weighted by molar-refractivity contribution is 0.0265. The van der Waals surface area contributed by atoms with Crippen LogP contribution < -0.4 is 5.32 Å². The van der Waals surface area contributed by atoms with Gasteiger partial charge in [-0.15, -0.1) is 0 Å². The quantitative estimate of drug-likeness (QED) is 0.840. The maximum absolute atomic E-state index is 12.5. The molecule has 0 saturated heterocycles. The predicted molar refractivity (Wildman–Crippen MR) is 83.5 cm³/mol. The van der Waals surface area contributed by atoms with Gasteiger partial charge >= 0.3 is 0 Å². The number of hydrogen-bond donors (Lipinski definition) is 2. The third-order valence-corrected chi connectivity index (χ3v) is 3.94. The van der Waals surface area contributed by atoms with Gasteiger partial charge in [0.1, 0.15) is 5.82 Å². The fourth-order valence-electron chi connectivity index (χ4n) is 2.70. The van der Waals surface area contributed by atoms with E-state index in [1.165, 1.54) is 0 Å². The largest absolute Gasteiger partial charge is 0.393 e. The fourth-order valence-corrected chi connectivity index (χ4v) is 2.70. The van der Waals surface area contributed by atoms with Gasteiger partial charge in [0.05, 0.1) is 6.10 Å². The summed E-state index contributed by atoms with van der Waals surface area (Å²) in [7, 11) is 1.83. The molecule has 0 aromatic carbocycles. The van der Waals surface area contributed by atoms with Crippen LogP contribution in [0.3, 0.4) is 0 Å². The number of nitrogens with one attached hydrogen (secondary N) is 1. The summed E-state index contributed by atoms with van der Waals surface area (Å²) in [5, 5.41) is 12.5. The molecular weight excluding hydrogens is 266 g/mol. The first-order valence-electron chi connectivity index (χ1n) is 7.71. The highest BCUT2D eigenvalue weighted by molar-refractivity contribution is 5.94. The highest BCUT2D eigenvalue weighted by Crippen LogP contribution is 2.28. The summed E-state index contributed by atoms with van der Waals surface area (Å²) in [6.45, 7) is 5.53. The van der Waals surface area contributed by atoms with Crippen LogP contribution in [0.4, 0.5) is 5.82 Å². The van der Waals surface area contributed by atoms with Gasteiger partial charge in [-0.2, -0.15) is 0 Å². The molecular formula is C16H25N3O2. The molecule has 0 unspecified atom stereocenters. The van der Waals surface area contributed by atoms with E-state index in [0.29, 0.717) is 18.0 Å². The topological polar surface area (TPSA) is 65.5 Å². The van der Waals surface area contributed by atoms with Crippen molar-refractivity contribution in [3.8, 4) is 0 Å². The summed E-state index contributed by atoms with van der Waals surface area (Å²) in [6, 6.07) is 3.69. The number of aromatic nitrogens is 1. The van der Waals surface area contributed by atoms with Crippen molar-refractivity contribution in [2.24, 2.45) is 5.92 Å². The molecule has 1 aliphatic rings. The number of aryl methyl sites for hydroxylation is 1. The molecule has 5 nitrogen and oxygen atoms in total. The molecule has 0 radical (unpaired) electrons. The van der Waals surface area contributed by atoms with E-state index in [1.54, 1.807) is 4.90 Å². The van der Waals surface area contributed by atoms with E-state index in [-0.39, 0.29) is 12.0 Å². The molecule has 0 bridgehead atoms. The van der Waals surface area contributed by atoms with E-state index in [2.05, 4.69) is 10.3 Å². The van der Waals surface area contributed by atoms with Crippen molar-refractivity contribution in [3.05, 3.63) is 23.4 Å². The molecule has 1 aromatic heterocycles. The fraction of sp³-hybridized carbons (Fsp3) is 0.625. The Kier molecular flexibility index (Phi) is 5.17. The Bertz CT molecular complexity index is 498. The number of carbonyl (C=O) groups is 1. The smallest absolute Gasteiger partial charge is 0.253 e. The molecule has 0 atom stereocenters. The Morgan fingerprint density at radius 1 is 1.43 bits per heavy atom. The standard InChI is InChI=1S/C16H25N3O2/c1-4-13-8-12(9-15(18-13)17-5-2)16(21)19(3)10-11-6-14(20)7-11/h8-9,11,14,20H,4-7,10H2,1-3H3,(H,17,18). The van der Waals surface area contributed by atoms with E-state index in [1.807, 2.05) is 33.0 Å². The molecule has 2 rings (SSSR count). The van der Waals surface area contributed by atoms with Crippen molar-refractivity contribution in [3.63, 3.8) is 0 Å². The van der Waals surface area contributed by atoms with E-state index in [0.717, 1.165) is 37.3 Å². The van der Waals surface area contributed by atoms with Crippen molar-refractivity contribution in [2.45, 2.75) is 39.2 Å². The monoisotopic (exact) mass is 291 g/mol. The minimum atomic E-state index is -0.175. The van der Waals surface area contributed by atoms with Gasteiger partial charge in [0.25, 0.3) is 5.91 Å². The second-order valence-electron chi connectivity index (χ2n) is 5.79. The summed E-state index contributed by atoms with van der Waals surface area (Å²) < 4.78 is 0. The van der Waals surface area contributed by atoms with Crippen LogP contribution in [0.2, 0.25) is 0 Å². The lowest BCUT2D eigenvalue weighted by atomic mass is 9.82. The Labute approximate surface area is 126 Å². The van der Waals surface area contributed by atoms with Gasteiger partial charge in [-0.3, -0.25) is 4.79 Å². The summed E-state index contributed by atoms with van der Waals surface area (Å²) in [4.78, 5) is 18.8.